The number of likely N-dealkylation sites (N-methyl/N-ethyl adjacent to an activating group) is 1. The zero-order chi connectivity index (χ0) is 11.3. The normalized spacial score (nSPS) is 10.1. The summed E-state index contributed by atoms with van der Waals surface area (Å²) in [5.41, 5.74) is 0. The molecule has 15 heavy (non-hydrogen) atoms. The quantitative estimate of drug-likeness (QED) is 0.790. The lowest BCUT2D eigenvalue weighted by molar-refractivity contribution is -0.115. The minimum Gasteiger partial charge on any atom is -0.309 e. The zero-order valence-electron chi connectivity index (χ0n) is 8.05. The molecule has 1 heterocycles. The van der Waals surface area contributed by atoms with E-state index < -0.39 is 0 Å². The maximum atomic E-state index is 11.3. The summed E-state index contributed by atoms with van der Waals surface area (Å²) in [4.78, 5) is 18.8. The summed E-state index contributed by atoms with van der Waals surface area (Å²) in [5.74, 6) is -0.00640. The van der Waals surface area contributed by atoms with E-state index in [9.17, 15) is 4.79 Å². The minimum absolute atomic E-state index is 0.116. The molecule has 0 aliphatic rings. The molecule has 0 atom stereocenters. The molecule has 0 aromatic carbocycles. The highest BCUT2D eigenvalue weighted by molar-refractivity contribution is 6.42. The van der Waals surface area contributed by atoms with Crippen molar-refractivity contribution in [3.8, 4) is 0 Å². The van der Waals surface area contributed by atoms with Gasteiger partial charge in [0.15, 0.2) is 11.0 Å². The van der Waals surface area contributed by atoms with E-state index >= 15 is 0 Å². The van der Waals surface area contributed by atoms with Gasteiger partial charge in [-0.1, -0.05) is 30.1 Å². The molecule has 0 saturated heterocycles. The van der Waals surface area contributed by atoms with E-state index in [0.717, 1.165) is 0 Å². The average molecular weight is 249 g/mol. The van der Waals surface area contributed by atoms with Gasteiger partial charge in [-0.15, -0.1) is 0 Å². The lowest BCUT2D eigenvalue weighted by Gasteiger charge is -2.06. The van der Waals surface area contributed by atoms with Crippen molar-refractivity contribution >= 4 is 34.9 Å². The molecule has 1 amide bonds. The van der Waals surface area contributed by atoms with Crippen molar-refractivity contribution in [2.45, 2.75) is 6.92 Å². The third-order valence-corrected chi connectivity index (χ3v) is 2.28. The molecule has 1 aromatic rings. The number of aromatic nitrogens is 2. The highest BCUT2D eigenvalue weighted by Crippen LogP contribution is 2.24. The van der Waals surface area contributed by atoms with Gasteiger partial charge >= 0.3 is 0 Å². The fraction of sp³-hybridized carbons (Fsp3) is 0.375. The van der Waals surface area contributed by atoms with Crippen LogP contribution in [0.15, 0.2) is 6.33 Å². The van der Waals surface area contributed by atoms with Crippen LogP contribution in [-0.4, -0.2) is 29.0 Å². The molecule has 0 radical (unpaired) electrons. The minimum atomic E-state index is -0.228. The van der Waals surface area contributed by atoms with Gasteiger partial charge in [-0.3, -0.25) is 4.79 Å². The molecular weight excluding hydrogens is 239 g/mol. The largest absolute Gasteiger partial charge is 0.309 e. The Balaban J connectivity index is 2.64. The SMILES string of the molecule is CCNCC(=O)Nc1ncnc(Cl)c1Cl. The smallest absolute Gasteiger partial charge is 0.239 e. The predicted octanol–water partition coefficient (Wildman–Crippen LogP) is 1.33. The highest BCUT2D eigenvalue weighted by atomic mass is 35.5. The Hall–Kier alpha value is -0.910. The number of rotatable bonds is 4. The Morgan fingerprint density at radius 1 is 1.47 bits per heavy atom. The molecule has 0 spiro atoms. The Bertz CT molecular complexity index is 358. The van der Waals surface area contributed by atoms with Gasteiger partial charge in [0.25, 0.3) is 0 Å². The number of nitrogens with one attached hydrogen (secondary N) is 2. The molecule has 1 aromatic heterocycles. The number of amides is 1. The second-order valence-corrected chi connectivity index (χ2v) is 3.39. The van der Waals surface area contributed by atoms with Crippen molar-refractivity contribution in [1.29, 1.82) is 0 Å². The topological polar surface area (TPSA) is 66.9 Å². The number of carbonyl (C=O) groups excluding carboxylic acids is 1. The molecule has 0 unspecified atom stereocenters. The monoisotopic (exact) mass is 248 g/mol. The molecule has 7 heteroatoms. The van der Waals surface area contributed by atoms with E-state index in [4.69, 9.17) is 23.2 Å². The van der Waals surface area contributed by atoms with Crippen LogP contribution in [0.4, 0.5) is 5.82 Å². The first kappa shape index (κ1) is 12.2. The number of hydrogen-bond donors (Lipinski definition) is 2. The van der Waals surface area contributed by atoms with Gasteiger partial charge in [-0.2, -0.15) is 0 Å². The van der Waals surface area contributed by atoms with E-state index in [1.54, 1.807) is 0 Å². The van der Waals surface area contributed by atoms with Crippen molar-refractivity contribution < 1.29 is 4.79 Å². The summed E-state index contributed by atoms with van der Waals surface area (Å²) in [6.45, 7) is 2.82. The van der Waals surface area contributed by atoms with Gasteiger partial charge in [0, 0.05) is 0 Å². The van der Waals surface area contributed by atoms with Crippen molar-refractivity contribution in [3.05, 3.63) is 16.5 Å². The molecule has 5 nitrogen and oxygen atoms in total. The summed E-state index contributed by atoms with van der Waals surface area (Å²) >= 11 is 11.4. The van der Waals surface area contributed by atoms with Crippen molar-refractivity contribution in [2.75, 3.05) is 18.4 Å². The Labute approximate surface area is 97.2 Å². The van der Waals surface area contributed by atoms with E-state index in [1.807, 2.05) is 6.92 Å². The van der Waals surface area contributed by atoms with Crippen LogP contribution in [0.3, 0.4) is 0 Å². The number of carbonyl (C=O) groups is 1. The lowest BCUT2D eigenvalue weighted by atomic mass is 10.5. The van der Waals surface area contributed by atoms with Gasteiger partial charge in [-0.05, 0) is 6.54 Å². The van der Waals surface area contributed by atoms with Crippen LogP contribution >= 0.6 is 23.2 Å². The van der Waals surface area contributed by atoms with Crippen molar-refractivity contribution in [3.63, 3.8) is 0 Å². The predicted molar refractivity (Wildman–Crippen MR) is 59.2 cm³/mol. The number of nitrogens with zero attached hydrogens (tertiary/aromatic N) is 2. The molecule has 0 fully saturated rings. The Morgan fingerprint density at radius 2 is 2.20 bits per heavy atom. The molecular formula is C8H10Cl2N4O. The molecule has 2 N–H and O–H groups in total. The number of hydrogen-bond acceptors (Lipinski definition) is 4. The molecule has 82 valence electrons. The van der Waals surface area contributed by atoms with Crippen LogP contribution < -0.4 is 10.6 Å². The fourth-order valence-corrected chi connectivity index (χ4v) is 1.13. The van der Waals surface area contributed by atoms with Gasteiger partial charge in [0.05, 0.1) is 6.54 Å². The van der Waals surface area contributed by atoms with Crippen LogP contribution in [0.1, 0.15) is 6.92 Å². The van der Waals surface area contributed by atoms with Crippen LogP contribution in [0.25, 0.3) is 0 Å². The molecule has 1 rings (SSSR count). The second kappa shape index (κ2) is 5.85. The van der Waals surface area contributed by atoms with Crippen LogP contribution in [0.2, 0.25) is 10.2 Å². The summed E-state index contributed by atoms with van der Waals surface area (Å²) < 4.78 is 0. The first-order valence-electron chi connectivity index (χ1n) is 4.31. The van der Waals surface area contributed by atoms with Gasteiger partial charge in [-0.25, -0.2) is 9.97 Å². The van der Waals surface area contributed by atoms with E-state index in [-0.39, 0.29) is 28.4 Å². The summed E-state index contributed by atoms with van der Waals surface area (Å²) in [7, 11) is 0. The standard InChI is InChI=1S/C8H10Cl2N4O/c1-2-11-3-5(15)14-8-6(9)7(10)12-4-13-8/h4,11H,2-3H2,1H3,(H,12,13,14,15). The molecule has 0 saturated carbocycles. The van der Waals surface area contributed by atoms with Gasteiger partial charge in [0.1, 0.15) is 11.3 Å². The van der Waals surface area contributed by atoms with Crippen LogP contribution in [0.5, 0.6) is 0 Å². The third-order valence-electron chi connectivity index (χ3n) is 1.54. The van der Waals surface area contributed by atoms with E-state index in [1.165, 1.54) is 6.33 Å². The zero-order valence-corrected chi connectivity index (χ0v) is 9.56. The summed E-state index contributed by atoms with van der Waals surface area (Å²) in [6.07, 6.45) is 1.23. The molecule has 0 aliphatic heterocycles. The van der Waals surface area contributed by atoms with E-state index in [0.29, 0.717) is 6.54 Å². The first-order valence-corrected chi connectivity index (χ1v) is 5.07. The molecule has 0 bridgehead atoms. The van der Waals surface area contributed by atoms with E-state index in [2.05, 4.69) is 20.6 Å². The second-order valence-electron chi connectivity index (χ2n) is 2.66. The van der Waals surface area contributed by atoms with Gasteiger partial charge < -0.3 is 10.6 Å². The number of anilines is 1. The van der Waals surface area contributed by atoms with Crippen molar-refractivity contribution in [2.24, 2.45) is 0 Å². The van der Waals surface area contributed by atoms with Crippen LogP contribution in [-0.2, 0) is 4.79 Å². The average Bonchev–Trinajstić information content (AvgIpc) is 2.22. The first-order chi connectivity index (χ1) is 7.15. The van der Waals surface area contributed by atoms with Crippen molar-refractivity contribution in [1.82, 2.24) is 15.3 Å². The maximum Gasteiger partial charge on any atom is 0.239 e. The third kappa shape index (κ3) is 3.62. The maximum absolute atomic E-state index is 11.3. The Morgan fingerprint density at radius 3 is 2.87 bits per heavy atom. The highest BCUT2D eigenvalue weighted by Gasteiger charge is 2.09. The van der Waals surface area contributed by atoms with Gasteiger partial charge in [0.2, 0.25) is 5.91 Å². The summed E-state index contributed by atoms with van der Waals surface area (Å²) in [6, 6.07) is 0. The molecule has 0 aliphatic carbocycles. The van der Waals surface area contributed by atoms with Crippen LogP contribution in [0, 0.1) is 0 Å². The fourth-order valence-electron chi connectivity index (χ4n) is 0.850. The number of halogens is 2. The lowest BCUT2D eigenvalue weighted by Crippen LogP contribution is -2.28. The summed E-state index contributed by atoms with van der Waals surface area (Å²) in [5, 5.41) is 5.65. The Kier molecular flexibility index (Phi) is 4.74.